The zero-order valence-corrected chi connectivity index (χ0v) is 15.0. The summed E-state index contributed by atoms with van der Waals surface area (Å²) < 4.78 is 27.3. The molecule has 0 unspecified atom stereocenters. The molecule has 2 rings (SSSR count). The van der Waals surface area contributed by atoms with Crippen molar-refractivity contribution in [3.63, 3.8) is 0 Å². The summed E-state index contributed by atoms with van der Waals surface area (Å²) in [5, 5.41) is 0.283. The summed E-state index contributed by atoms with van der Waals surface area (Å²) in [5.41, 5.74) is 0. The van der Waals surface area contributed by atoms with Crippen molar-refractivity contribution in [3.8, 4) is 0 Å². The maximum atomic E-state index is 12.6. The Labute approximate surface area is 138 Å². The summed E-state index contributed by atoms with van der Waals surface area (Å²) in [6.45, 7) is 0.519. The van der Waals surface area contributed by atoms with Crippen LogP contribution in [0.25, 0.3) is 0 Å². The van der Waals surface area contributed by atoms with Gasteiger partial charge in [0, 0.05) is 18.1 Å². The van der Waals surface area contributed by atoms with Crippen LogP contribution in [0.15, 0.2) is 21.5 Å². The lowest BCUT2D eigenvalue weighted by molar-refractivity contribution is 0.387. The van der Waals surface area contributed by atoms with Crippen LogP contribution in [0.4, 0.5) is 0 Å². The van der Waals surface area contributed by atoms with E-state index in [4.69, 9.17) is 23.2 Å². The molecular formula is C13H16BrCl2NO2S. The summed E-state index contributed by atoms with van der Waals surface area (Å²) in [6.07, 6.45) is 4.53. The first-order valence-electron chi connectivity index (χ1n) is 6.43. The van der Waals surface area contributed by atoms with Gasteiger partial charge in [-0.15, -0.1) is 0 Å². The monoisotopic (exact) mass is 399 g/mol. The Morgan fingerprint density at radius 2 is 1.75 bits per heavy atom. The average Bonchev–Trinajstić information content (AvgIpc) is 2.79. The molecule has 0 N–H and O–H groups in total. The third kappa shape index (κ3) is 3.50. The van der Waals surface area contributed by atoms with Gasteiger partial charge in [0.1, 0.15) is 4.90 Å². The normalized spacial score (nSPS) is 17.1. The van der Waals surface area contributed by atoms with Crippen LogP contribution < -0.4 is 0 Å². The fraction of sp³-hybridized carbons (Fsp3) is 0.538. The van der Waals surface area contributed by atoms with Crippen molar-refractivity contribution < 1.29 is 8.42 Å². The largest absolute Gasteiger partial charge is 0.245 e. The molecule has 3 nitrogen and oxygen atoms in total. The first-order valence-corrected chi connectivity index (χ1v) is 9.42. The van der Waals surface area contributed by atoms with Gasteiger partial charge in [0.25, 0.3) is 0 Å². The Kier molecular flexibility index (Phi) is 5.40. The number of nitrogens with zero attached hydrogens (tertiary/aromatic N) is 1. The van der Waals surface area contributed by atoms with Gasteiger partial charge >= 0.3 is 0 Å². The predicted octanol–water partition coefficient (Wildman–Crippen LogP) is 4.57. The number of hydrogen-bond donors (Lipinski definition) is 0. The first-order chi connectivity index (χ1) is 9.32. The molecule has 0 aliphatic heterocycles. The fourth-order valence-corrected chi connectivity index (χ4v) is 5.71. The molecule has 1 aromatic carbocycles. The van der Waals surface area contributed by atoms with E-state index in [0.29, 0.717) is 16.9 Å². The second-order valence-corrected chi connectivity index (χ2v) is 8.85. The van der Waals surface area contributed by atoms with Crippen molar-refractivity contribution in [2.75, 3.05) is 13.6 Å². The van der Waals surface area contributed by atoms with E-state index in [1.54, 1.807) is 19.2 Å². The van der Waals surface area contributed by atoms with Crippen LogP contribution in [-0.4, -0.2) is 26.3 Å². The molecule has 112 valence electrons. The van der Waals surface area contributed by atoms with Gasteiger partial charge in [0.15, 0.2) is 0 Å². The van der Waals surface area contributed by atoms with Gasteiger partial charge in [-0.05, 0) is 30.9 Å². The van der Waals surface area contributed by atoms with Crippen LogP contribution in [-0.2, 0) is 10.0 Å². The van der Waals surface area contributed by atoms with E-state index in [-0.39, 0.29) is 14.9 Å². The molecule has 0 heterocycles. The number of benzene rings is 1. The number of halogens is 3. The van der Waals surface area contributed by atoms with Crippen LogP contribution >= 0.6 is 39.1 Å². The Morgan fingerprint density at radius 1 is 1.25 bits per heavy atom. The molecule has 0 atom stereocenters. The second-order valence-electron chi connectivity index (χ2n) is 5.13. The smallest absolute Gasteiger partial charge is 0.207 e. The number of hydrogen-bond acceptors (Lipinski definition) is 2. The molecule has 0 radical (unpaired) electrons. The lowest BCUT2D eigenvalue weighted by Gasteiger charge is -2.22. The first kappa shape index (κ1) is 16.6. The van der Waals surface area contributed by atoms with Gasteiger partial charge in [-0.1, -0.05) is 52.0 Å². The predicted molar refractivity (Wildman–Crippen MR) is 85.9 cm³/mol. The standard InChI is InChI=1S/C13H16BrCl2NO2S/c1-17(8-9-4-2-3-5-9)20(18,19)13-11(15)6-10(14)7-12(13)16/h6-7,9H,2-5,8H2,1H3. The van der Waals surface area contributed by atoms with Crippen molar-refractivity contribution in [2.45, 2.75) is 30.6 Å². The van der Waals surface area contributed by atoms with Crippen LogP contribution in [0.2, 0.25) is 10.0 Å². The second kappa shape index (κ2) is 6.53. The maximum Gasteiger partial charge on any atom is 0.245 e. The summed E-state index contributed by atoms with van der Waals surface area (Å²) in [7, 11) is -2.07. The van der Waals surface area contributed by atoms with E-state index in [1.807, 2.05) is 0 Å². The topological polar surface area (TPSA) is 37.4 Å². The van der Waals surface area contributed by atoms with Gasteiger partial charge in [-0.25, -0.2) is 12.7 Å². The van der Waals surface area contributed by atoms with E-state index in [1.165, 1.54) is 17.1 Å². The Hall–Kier alpha value is 0.190. The van der Waals surface area contributed by atoms with Crippen LogP contribution in [0.1, 0.15) is 25.7 Å². The molecule has 1 aliphatic carbocycles. The minimum atomic E-state index is -3.66. The lowest BCUT2D eigenvalue weighted by Crippen LogP contribution is -2.31. The van der Waals surface area contributed by atoms with Crippen molar-refractivity contribution >= 4 is 49.2 Å². The summed E-state index contributed by atoms with van der Waals surface area (Å²) in [5.74, 6) is 0.433. The van der Waals surface area contributed by atoms with Crippen LogP contribution in [0.3, 0.4) is 0 Å². The minimum absolute atomic E-state index is 0.00969. The van der Waals surface area contributed by atoms with E-state index in [0.717, 1.165) is 12.8 Å². The third-order valence-electron chi connectivity index (χ3n) is 3.62. The van der Waals surface area contributed by atoms with E-state index >= 15 is 0 Å². The summed E-state index contributed by atoms with van der Waals surface area (Å²) in [4.78, 5) is -0.00969. The lowest BCUT2D eigenvalue weighted by atomic mass is 10.1. The van der Waals surface area contributed by atoms with Crippen molar-refractivity contribution in [2.24, 2.45) is 5.92 Å². The van der Waals surface area contributed by atoms with Gasteiger partial charge < -0.3 is 0 Å². The SMILES string of the molecule is CN(CC1CCCC1)S(=O)(=O)c1c(Cl)cc(Br)cc1Cl. The molecule has 1 aromatic rings. The van der Waals surface area contributed by atoms with Crippen LogP contribution in [0.5, 0.6) is 0 Å². The average molecular weight is 401 g/mol. The molecular weight excluding hydrogens is 385 g/mol. The molecule has 0 bridgehead atoms. The van der Waals surface area contributed by atoms with E-state index in [2.05, 4.69) is 15.9 Å². The van der Waals surface area contributed by atoms with Crippen molar-refractivity contribution in [1.82, 2.24) is 4.31 Å². The van der Waals surface area contributed by atoms with E-state index in [9.17, 15) is 8.42 Å². The molecule has 0 saturated heterocycles. The Balaban J connectivity index is 2.29. The maximum absolute atomic E-state index is 12.6. The number of rotatable bonds is 4. The highest BCUT2D eigenvalue weighted by molar-refractivity contribution is 9.10. The minimum Gasteiger partial charge on any atom is -0.207 e. The molecule has 0 aromatic heterocycles. The zero-order valence-electron chi connectivity index (χ0n) is 11.1. The molecule has 0 amide bonds. The van der Waals surface area contributed by atoms with Gasteiger partial charge in [0.2, 0.25) is 10.0 Å². The Bertz CT molecular complexity index is 577. The van der Waals surface area contributed by atoms with Gasteiger partial charge in [-0.2, -0.15) is 0 Å². The molecule has 0 spiro atoms. The van der Waals surface area contributed by atoms with Crippen LogP contribution in [0, 0.1) is 5.92 Å². The van der Waals surface area contributed by atoms with Gasteiger partial charge in [-0.3, -0.25) is 0 Å². The summed E-state index contributed by atoms with van der Waals surface area (Å²) >= 11 is 15.4. The molecule has 1 fully saturated rings. The fourth-order valence-electron chi connectivity index (χ4n) is 2.59. The molecule has 7 heteroatoms. The summed E-state index contributed by atoms with van der Waals surface area (Å²) in [6, 6.07) is 3.09. The molecule has 1 aliphatic rings. The zero-order chi connectivity index (χ0) is 14.9. The quantitative estimate of drug-likeness (QED) is 0.742. The van der Waals surface area contributed by atoms with Crippen molar-refractivity contribution in [1.29, 1.82) is 0 Å². The highest BCUT2D eigenvalue weighted by atomic mass is 79.9. The highest BCUT2D eigenvalue weighted by Gasteiger charge is 2.29. The molecule has 1 saturated carbocycles. The van der Waals surface area contributed by atoms with Gasteiger partial charge in [0.05, 0.1) is 10.0 Å². The van der Waals surface area contributed by atoms with Crippen molar-refractivity contribution in [3.05, 3.63) is 26.7 Å². The third-order valence-corrected chi connectivity index (χ3v) is 6.82. The number of sulfonamides is 1. The van der Waals surface area contributed by atoms with E-state index < -0.39 is 10.0 Å². The Morgan fingerprint density at radius 3 is 2.25 bits per heavy atom. The highest BCUT2D eigenvalue weighted by Crippen LogP contribution is 2.35. The molecule has 20 heavy (non-hydrogen) atoms.